The third-order valence-corrected chi connectivity index (χ3v) is 1.69. The summed E-state index contributed by atoms with van der Waals surface area (Å²) >= 11 is 3.17. The molecule has 3 heteroatoms. The van der Waals surface area contributed by atoms with E-state index in [4.69, 9.17) is 5.11 Å². The van der Waals surface area contributed by atoms with E-state index in [1.807, 2.05) is 0 Å². The number of alkyl halides is 1. The van der Waals surface area contributed by atoms with Crippen LogP contribution < -0.4 is 0 Å². The summed E-state index contributed by atoms with van der Waals surface area (Å²) in [6.45, 7) is 6.95. The van der Waals surface area contributed by atoms with Gasteiger partial charge in [0.1, 0.15) is 0 Å². The molecular formula is C8H9BrO2. The Bertz CT molecular complexity index is 216. The third-order valence-electron chi connectivity index (χ3n) is 0.967. The number of carbonyl (C=O) groups is 1. The van der Waals surface area contributed by atoms with Crippen LogP contribution in [0.3, 0.4) is 0 Å². The standard InChI is InChI=1S/C8H9BrO2/c1-6(5-9)3-4-7(2)8(10)11/h3-4H,1-2,5H2,(H,10,11)/b4-3-. The van der Waals surface area contributed by atoms with E-state index in [0.717, 1.165) is 5.57 Å². The van der Waals surface area contributed by atoms with Crippen LogP contribution in [0.1, 0.15) is 0 Å². The van der Waals surface area contributed by atoms with E-state index in [2.05, 4.69) is 29.1 Å². The first-order valence-corrected chi connectivity index (χ1v) is 4.04. The van der Waals surface area contributed by atoms with E-state index < -0.39 is 5.97 Å². The van der Waals surface area contributed by atoms with Gasteiger partial charge in [-0.05, 0) is 11.6 Å². The number of aliphatic carboxylic acids is 1. The number of halogens is 1. The van der Waals surface area contributed by atoms with E-state index in [1.165, 1.54) is 6.08 Å². The second-order valence-electron chi connectivity index (χ2n) is 1.96. The predicted molar refractivity (Wildman–Crippen MR) is 48.8 cm³/mol. The predicted octanol–water partition coefficient (Wildman–Crippen LogP) is 2.13. The number of carboxylic acids is 1. The van der Waals surface area contributed by atoms with E-state index in [0.29, 0.717) is 5.33 Å². The maximum Gasteiger partial charge on any atom is 0.335 e. The van der Waals surface area contributed by atoms with Crippen LogP contribution in [-0.2, 0) is 4.79 Å². The van der Waals surface area contributed by atoms with Crippen molar-refractivity contribution >= 4 is 21.9 Å². The number of hydrogen-bond donors (Lipinski definition) is 1. The minimum Gasteiger partial charge on any atom is -0.478 e. The molecule has 0 rings (SSSR count). The molecule has 0 aromatic carbocycles. The molecule has 0 aromatic heterocycles. The molecule has 0 spiro atoms. The fourth-order valence-corrected chi connectivity index (χ4v) is 0.521. The number of allylic oxidation sites excluding steroid dienone is 2. The largest absolute Gasteiger partial charge is 0.478 e. The summed E-state index contributed by atoms with van der Waals surface area (Å²) in [5.41, 5.74) is 0.875. The van der Waals surface area contributed by atoms with E-state index in [1.54, 1.807) is 6.08 Å². The maximum atomic E-state index is 10.2. The average Bonchev–Trinajstić information content (AvgIpc) is 1.99. The molecule has 0 amide bonds. The third kappa shape index (κ3) is 4.56. The first-order chi connectivity index (χ1) is 5.07. The summed E-state index contributed by atoms with van der Waals surface area (Å²) in [5, 5.41) is 9.01. The maximum absolute atomic E-state index is 10.2. The SMILES string of the molecule is C=C(/C=C\C(=C)C(=O)O)CBr. The zero-order valence-electron chi connectivity index (χ0n) is 6.01. The lowest BCUT2D eigenvalue weighted by atomic mass is 10.2. The van der Waals surface area contributed by atoms with Crippen molar-refractivity contribution in [1.82, 2.24) is 0 Å². The summed E-state index contributed by atoms with van der Waals surface area (Å²) in [7, 11) is 0. The summed E-state index contributed by atoms with van der Waals surface area (Å²) in [6.07, 6.45) is 3.04. The lowest BCUT2D eigenvalue weighted by Gasteiger charge is -1.91. The Hall–Kier alpha value is -0.830. The van der Waals surface area contributed by atoms with Crippen molar-refractivity contribution in [3.63, 3.8) is 0 Å². The van der Waals surface area contributed by atoms with Crippen LogP contribution in [0.25, 0.3) is 0 Å². The molecule has 60 valence electrons. The highest BCUT2D eigenvalue weighted by Gasteiger charge is 1.96. The van der Waals surface area contributed by atoms with Crippen LogP contribution in [0.15, 0.2) is 36.5 Å². The van der Waals surface area contributed by atoms with Gasteiger partial charge in [0.2, 0.25) is 0 Å². The topological polar surface area (TPSA) is 37.3 Å². The fraction of sp³-hybridized carbons (Fsp3) is 0.125. The molecule has 11 heavy (non-hydrogen) atoms. The highest BCUT2D eigenvalue weighted by Crippen LogP contribution is 2.01. The minimum atomic E-state index is -1.01. The molecular weight excluding hydrogens is 208 g/mol. The summed E-state index contributed by atoms with van der Waals surface area (Å²) < 4.78 is 0. The van der Waals surface area contributed by atoms with Gasteiger partial charge < -0.3 is 5.11 Å². The Kier molecular flexibility index (Phi) is 4.54. The van der Waals surface area contributed by atoms with Gasteiger partial charge in [0.05, 0.1) is 5.57 Å². The van der Waals surface area contributed by atoms with Crippen LogP contribution in [0.4, 0.5) is 0 Å². The van der Waals surface area contributed by atoms with Gasteiger partial charge in [0.25, 0.3) is 0 Å². The highest BCUT2D eigenvalue weighted by molar-refractivity contribution is 9.09. The van der Waals surface area contributed by atoms with E-state index in [-0.39, 0.29) is 5.57 Å². The molecule has 0 saturated carbocycles. The molecule has 0 heterocycles. The van der Waals surface area contributed by atoms with Gasteiger partial charge in [0, 0.05) is 5.33 Å². The van der Waals surface area contributed by atoms with Crippen LogP contribution in [-0.4, -0.2) is 16.4 Å². The molecule has 0 aliphatic rings. The van der Waals surface area contributed by atoms with Gasteiger partial charge >= 0.3 is 5.97 Å². The Morgan fingerprint density at radius 1 is 1.45 bits per heavy atom. The molecule has 0 atom stereocenters. The molecule has 0 bridgehead atoms. The van der Waals surface area contributed by atoms with Gasteiger partial charge in [-0.25, -0.2) is 4.79 Å². The van der Waals surface area contributed by atoms with Crippen molar-refractivity contribution in [3.8, 4) is 0 Å². The lowest BCUT2D eigenvalue weighted by Crippen LogP contribution is -1.95. The molecule has 1 N–H and O–H groups in total. The van der Waals surface area contributed by atoms with Gasteiger partial charge in [0.15, 0.2) is 0 Å². The van der Waals surface area contributed by atoms with Crippen LogP contribution >= 0.6 is 15.9 Å². The summed E-state index contributed by atoms with van der Waals surface area (Å²) in [6, 6.07) is 0. The first-order valence-electron chi connectivity index (χ1n) is 2.92. The minimum absolute atomic E-state index is 0.0621. The van der Waals surface area contributed by atoms with Gasteiger partial charge in [-0.2, -0.15) is 0 Å². The molecule has 0 aliphatic carbocycles. The van der Waals surface area contributed by atoms with Crippen LogP contribution in [0, 0.1) is 0 Å². The number of rotatable bonds is 4. The van der Waals surface area contributed by atoms with E-state index >= 15 is 0 Å². The molecule has 0 aromatic rings. The van der Waals surface area contributed by atoms with Crippen molar-refractivity contribution in [2.24, 2.45) is 0 Å². The van der Waals surface area contributed by atoms with Crippen molar-refractivity contribution in [2.45, 2.75) is 0 Å². The summed E-state index contributed by atoms with van der Waals surface area (Å²) in [4.78, 5) is 10.2. The average molecular weight is 217 g/mol. The van der Waals surface area contributed by atoms with Crippen molar-refractivity contribution in [3.05, 3.63) is 36.5 Å². The van der Waals surface area contributed by atoms with Crippen molar-refractivity contribution < 1.29 is 9.90 Å². The Morgan fingerprint density at radius 2 is 2.00 bits per heavy atom. The normalized spacial score (nSPS) is 9.91. The molecule has 0 radical (unpaired) electrons. The smallest absolute Gasteiger partial charge is 0.335 e. The lowest BCUT2D eigenvalue weighted by molar-refractivity contribution is -0.132. The Morgan fingerprint density at radius 3 is 2.36 bits per heavy atom. The zero-order chi connectivity index (χ0) is 8.85. The number of hydrogen-bond acceptors (Lipinski definition) is 1. The molecule has 0 aliphatic heterocycles. The Labute approximate surface area is 74.0 Å². The quantitative estimate of drug-likeness (QED) is 0.445. The second-order valence-corrected chi connectivity index (χ2v) is 2.52. The molecule has 0 unspecified atom stereocenters. The van der Waals surface area contributed by atoms with Crippen molar-refractivity contribution in [2.75, 3.05) is 5.33 Å². The van der Waals surface area contributed by atoms with Crippen LogP contribution in [0.5, 0.6) is 0 Å². The van der Waals surface area contributed by atoms with Gasteiger partial charge in [-0.15, -0.1) is 0 Å². The Balaban J connectivity index is 4.04. The first kappa shape index (κ1) is 10.2. The fourth-order valence-electron chi connectivity index (χ4n) is 0.334. The second kappa shape index (κ2) is 4.91. The molecule has 0 fully saturated rings. The van der Waals surface area contributed by atoms with Crippen molar-refractivity contribution in [1.29, 1.82) is 0 Å². The monoisotopic (exact) mass is 216 g/mol. The summed E-state index contributed by atoms with van der Waals surface area (Å²) in [5.74, 6) is -1.01. The van der Waals surface area contributed by atoms with Gasteiger partial charge in [-0.3, -0.25) is 0 Å². The zero-order valence-corrected chi connectivity index (χ0v) is 7.60. The molecule has 0 saturated heterocycles. The van der Waals surface area contributed by atoms with E-state index in [9.17, 15) is 4.79 Å². The highest BCUT2D eigenvalue weighted by atomic mass is 79.9. The number of carboxylic acid groups (broad SMARTS) is 1. The van der Waals surface area contributed by atoms with Crippen LogP contribution in [0.2, 0.25) is 0 Å². The van der Waals surface area contributed by atoms with Gasteiger partial charge in [-0.1, -0.05) is 35.2 Å². The molecule has 2 nitrogen and oxygen atoms in total.